The SMILES string of the molecule is CCn1c(CN)cnc1-c1cccc(OC)c1. The Labute approximate surface area is 101 Å². The molecule has 0 aliphatic heterocycles. The summed E-state index contributed by atoms with van der Waals surface area (Å²) in [4.78, 5) is 4.43. The zero-order chi connectivity index (χ0) is 12.3. The van der Waals surface area contributed by atoms with Crippen molar-refractivity contribution in [2.24, 2.45) is 5.73 Å². The molecule has 2 aromatic rings. The first kappa shape index (κ1) is 11.7. The van der Waals surface area contributed by atoms with E-state index in [1.165, 1.54) is 0 Å². The minimum absolute atomic E-state index is 0.505. The van der Waals surface area contributed by atoms with Crippen LogP contribution in [0.15, 0.2) is 30.5 Å². The van der Waals surface area contributed by atoms with Crippen LogP contribution in [-0.4, -0.2) is 16.7 Å². The highest BCUT2D eigenvalue weighted by Crippen LogP contribution is 2.23. The van der Waals surface area contributed by atoms with Gasteiger partial charge >= 0.3 is 0 Å². The van der Waals surface area contributed by atoms with Crippen molar-refractivity contribution < 1.29 is 4.74 Å². The van der Waals surface area contributed by atoms with Crippen molar-refractivity contribution in [3.8, 4) is 17.1 Å². The van der Waals surface area contributed by atoms with Crippen LogP contribution in [0.5, 0.6) is 5.75 Å². The summed E-state index contributed by atoms with van der Waals surface area (Å²) in [5.74, 6) is 1.77. The Morgan fingerprint density at radius 1 is 1.41 bits per heavy atom. The first-order valence-corrected chi connectivity index (χ1v) is 5.69. The fraction of sp³-hybridized carbons (Fsp3) is 0.308. The highest BCUT2D eigenvalue weighted by molar-refractivity contribution is 5.58. The molecule has 0 unspecified atom stereocenters. The monoisotopic (exact) mass is 231 g/mol. The van der Waals surface area contributed by atoms with E-state index in [4.69, 9.17) is 10.5 Å². The summed E-state index contributed by atoms with van der Waals surface area (Å²) in [5, 5.41) is 0. The topological polar surface area (TPSA) is 53.1 Å². The van der Waals surface area contributed by atoms with E-state index >= 15 is 0 Å². The van der Waals surface area contributed by atoms with Gasteiger partial charge in [-0.3, -0.25) is 0 Å². The van der Waals surface area contributed by atoms with Crippen molar-refractivity contribution in [3.05, 3.63) is 36.2 Å². The molecule has 0 bridgehead atoms. The lowest BCUT2D eigenvalue weighted by molar-refractivity contribution is 0.415. The number of hydrogen-bond donors (Lipinski definition) is 1. The fourth-order valence-corrected chi connectivity index (χ4v) is 1.92. The molecule has 17 heavy (non-hydrogen) atoms. The largest absolute Gasteiger partial charge is 0.497 e. The molecule has 0 saturated heterocycles. The van der Waals surface area contributed by atoms with Crippen molar-refractivity contribution in [1.82, 2.24) is 9.55 Å². The predicted molar refractivity (Wildman–Crippen MR) is 67.8 cm³/mol. The molecule has 0 fully saturated rings. The second-order valence-corrected chi connectivity index (χ2v) is 3.75. The minimum atomic E-state index is 0.505. The van der Waals surface area contributed by atoms with Gasteiger partial charge in [0, 0.05) is 18.7 Å². The molecule has 0 saturated carbocycles. The van der Waals surface area contributed by atoms with Gasteiger partial charge in [-0.15, -0.1) is 0 Å². The normalized spacial score (nSPS) is 10.5. The summed E-state index contributed by atoms with van der Waals surface area (Å²) < 4.78 is 7.34. The van der Waals surface area contributed by atoms with Gasteiger partial charge < -0.3 is 15.0 Å². The van der Waals surface area contributed by atoms with Crippen LogP contribution < -0.4 is 10.5 Å². The molecule has 0 radical (unpaired) electrons. The van der Waals surface area contributed by atoms with Crippen molar-refractivity contribution in [2.45, 2.75) is 20.0 Å². The summed E-state index contributed by atoms with van der Waals surface area (Å²) in [7, 11) is 1.66. The molecule has 4 nitrogen and oxygen atoms in total. The first-order valence-electron chi connectivity index (χ1n) is 5.69. The Hall–Kier alpha value is -1.81. The van der Waals surface area contributed by atoms with E-state index in [1.54, 1.807) is 7.11 Å². The van der Waals surface area contributed by atoms with Gasteiger partial charge in [-0.1, -0.05) is 12.1 Å². The molecule has 2 rings (SSSR count). The zero-order valence-corrected chi connectivity index (χ0v) is 10.2. The summed E-state index contributed by atoms with van der Waals surface area (Å²) in [6, 6.07) is 7.89. The lowest BCUT2D eigenvalue weighted by Gasteiger charge is -2.09. The van der Waals surface area contributed by atoms with Gasteiger partial charge in [-0.05, 0) is 19.1 Å². The molecule has 0 spiro atoms. The maximum Gasteiger partial charge on any atom is 0.140 e. The summed E-state index contributed by atoms with van der Waals surface area (Å²) in [5.41, 5.74) is 7.78. The number of nitrogens with two attached hydrogens (primary N) is 1. The Morgan fingerprint density at radius 2 is 2.24 bits per heavy atom. The van der Waals surface area contributed by atoms with Gasteiger partial charge in [-0.25, -0.2) is 4.98 Å². The van der Waals surface area contributed by atoms with Crippen LogP contribution in [-0.2, 0) is 13.1 Å². The van der Waals surface area contributed by atoms with Gasteiger partial charge in [0.15, 0.2) is 0 Å². The standard InChI is InChI=1S/C13H17N3O/c1-3-16-11(8-14)9-15-13(16)10-5-4-6-12(7-10)17-2/h4-7,9H,3,8,14H2,1-2H3. The van der Waals surface area contributed by atoms with Gasteiger partial charge in [0.2, 0.25) is 0 Å². The maximum absolute atomic E-state index is 5.69. The van der Waals surface area contributed by atoms with E-state index in [0.29, 0.717) is 6.54 Å². The number of aromatic nitrogens is 2. The number of nitrogens with zero attached hydrogens (tertiary/aromatic N) is 2. The van der Waals surface area contributed by atoms with Crippen LogP contribution in [0, 0.1) is 0 Å². The lowest BCUT2D eigenvalue weighted by Crippen LogP contribution is -2.07. The highest BCUT2D eigenvalue weighted by atomic mass is 16.5. The third-order valence-corrected chi connectivity index (χ3v) is 2.79. The maximum atomic E-state index is 5.69. The third kappa shape index (κ3) is 2.17. The van der Waals surface area contributed by atoms with Crippen LogP contribution in [0.4, 0.5) is 0 Å². The van der Waals surface area contributed by atoms with Gasteiger partial charge in [0.25, 0.3) is 0 Å². The number of methoxy groups -OCH3 is 1. The van der Waals surface area contributed by atoms with Crippen LogP contribution in [0.2, 0.25) is 0 Å². The average Bonchev–Trinajstić information content (AvgIpc) is 2.81. The molecule has 2 N–H and O–H groups in total. The molecule has 90 valence electrons. The Morgan fingerprint density at radius 3 is 2.88 bits per heavy atom. The van der Waals surface area contributed by atoms with E-state index in [-0.39, 0.29) is 0 Å². The van der Waals surface area contributed by atoms with E-state index in [1.807, 2.05) is 30.5 Å². The molecule has 0 aliphatic carbocycles. The Kier molecular flexibility index (Phi) is 3.44. The fourth-order valence-electron chi connectivity index (χ4n) is 1.92. The highest BCUT2D eigenvalue weighted by Gasteiger charge is 2.09. The molecule has 0 atom stereocenters. The predicted octanol–water partition coefficient (Wildman–Crippen LogP) is 2.04. The lowest BCUT2D eigenvalue weighted by atomic mass is 10.2. The average molecular weight is 231 g/mol. The van der Waals surface area contributed by atoms with E-state index in [2.05, 4.69) is 16.5 Å². The van der Waals surface area contributed by atoms with Crippen LogP contribution in [0.3, 0.4) is 0 Å². The molecule has 1 aromatic carbocycles. The minimum Gasteiger partial charge on any atom is -0.497 e. The number of ether oxygens (including phenoxy) is 1. The molecule has 0 aliphatic rings. The molecule has 4 heteroatoms. The number of rotatable bonds is 4. The van der Waals surface area contributed by atoms with E-state index in [0.717, 1.165) is 29.4 Å². The molecule has 1 heterocycles. The summed E-state index contributed by atoms with van der Waals surface area (Å²) >= 11 is 0. The smallest absolute Gasteiger partial charge is 0.140 e. The zero-order valence-electron chi connectivity index (χ0n) is 10.2. The van der Waals surface area contributed by atoms with Gasteiger partial charge in [-0.2, -0.15) is 0 Å². The van der Waals surface area contributed by atoms with Crippen molar-refractivity contribution in [3.63, 3.8) is 0 Å². The second-order valence-electron chi connectivity index (χ2n) is 3.75. The molecule has 1 aromatic heterocycles. The van der Waals surface area contributed by atoms with Gasteiger partial charge in [0.1, 0.15) is 11.6 Å². The summed E-state index contributed by atoms with van der Waals surface area (Å²) in [6.45, 7) is 3.45. The molecular formula is C13H17N3O. The number of imidazole rings is 1. The van der Waals surface area contributed by atoms with Crippen molar-refractivity contribution in [2.75, 3.05) is 7.11 Å². The Balaban J connectivity index is 2.48. The molecular weight excluding hydrogens is 214 g/mol. The number of hydrogen-bond acceptors (Lipinski definition) is 3. The quantitative estimate of drug-likeness (QED) is 0.876. The first-order chi connectivity index (χ1) is 8.30. The van der Waals surface area contributed by atoms with Crippen LogP contribution in [0.1, 0.15) is 12.6 Å². The number of benzene rings is 1. The van der Waals surface area contributed by atoms with Crippen molar-refractivity contribution in [1.29, 1.82) is 0 Å². The second kappa shape index (κ2) is 5.01. The van der Waals surface area contributed by atoms with Gasteiger partial charge in [0.05, 0.1) is 19.0 Å². The van der Waals surface area contributed by atoms with Crippen LogP contribution >= 0.6 is 0 Å². The van der Waals surface area contributed by atoms with E-state index in [9.17, 15) is 0 Å². The summed E-state index contributed by atoms with van der Waals surface area (Å²) in [6.07, 6.45) is 1.83. The Bertz CT molecular complexity index is 505. The molecule has 0 amide bonds. The van der Waals surface area contributed by atoms with E-state index < -0.39 is 0 Å². The van der Waals surface area contributed by atoms with Crippen LogP contribution in [0.25, 0.3) is 11.4 Å². The van der Waals surface area contributed by atoms with Crippen molar-refractivity contribution >= 4 is 0 Å². The third-order valence-electron chi connectivity index (χ3n) is 2.79.